The van der Waals surface area contributed by atoms with E-state index in [-0.39, 0.29) is 33.3 Å². The van der Waals surface area contributed by atoms with Crippen molar-refractivity contribution in [3.63, 3.8) is 0 Å². The van der Waals surface area contributed by atoms with Crippen LogP contribution in [0.25, 0.3) is 0 Å². The summed E-state index contributed by atoms with van der Waals surface area (Å²) in [5.41, 5.74) is -0.722. The smallest absolute Gasteiger partial charge is 0.285 e. The molecular formula is C16H13N5O8S. The molecule has 0 amide bonds. The molecule has 0 saturated heterocycles. The van der Waals surface area contributed by atoms with Crippen LogP contribution in [0, 0.1) is 20.2 Å². The number of phenolic OH excluding ortho intramolecular Hbond substituents is 1. The zero-order chi connectivity index (χ0) is 22.2. The standard InChI is InChI=1S/C16H13N5O8S/c1-19(17-8-9-5-11(21(25)26)6-13(29-2)15(9)22)16-12-4-3-10(20(23)24)7-14(12)30(27,28)18-16/h3-8,22H,1-2H3. The Morgan fingerprint density at radius 3 is 2.43 bits per heavy atom. The molecule has 0 fully saturated rings. The highest BCUT2D eigenvalue weighted by Gasteiger charge is 2.33. The van der Waals surface area contributed by atoms with Gasteiger partial charge in [0.05, 0.1) is 29.2 Å². The molecule has 156 valence electrons. The molecule has 1 aliphatic rings. The fourth-order valence-electron chi connectivity index (χ4n) is 2.65. The molecule has 0 bridgehead atoms. The topological polar surface area (TPSA) is 178 Å². The lowest BCUT2D eigenvalue weighted by Gasteiger charge is -2.13. The average Bonchev–Trinajstić information content (AvgIpc) is 2.97. The molecule has 1 heterocycles. The number of amidine groups is 1. The van der Waals surface area contributed by atoms with Gasteiger partial charge in [-0.1, -0.05) is 0 Å². The summed E-state index contributed by atoms with van der Waals surface area (Å²) in [6, 6.07) is 5.35. The highest BCUT2D eigenvalue weighted by Crippen LogP contribution is 2.34. The Morgan fingerprint density at radius 1 is 1.17 bits per heavy atom. The van der Waals surface area contributed by atoms with Crippen molar-refractivity contribution in [2.45, 2.75) is 4.90 Å². The monoisotopic (exact) mass is 435 g/mol. The van der Waals surface area contributed by atoms with Crippen molar-refractivity contribution < 1.29 is 28.1 Å². The molecule has 14 heteroatoms. The minimum atomic E-state index is -4.17. The van der Waals surface area contributed by atoms with Crippen LogP contribution in [-0.4, -0.2) is 54.6 Å². The number of fused-ring (bicyclic) bond motifs is 1. The number of hydrogen-bond acceptors (Lipinski definition) is 10. The largest absolute Gasteiger partial charge is 0.504 e. The van der Waals surface area contributed by atoms with Gasteiger partial charge in [0.1, 0.15) is 4.90 Å². The van der Waals surface area contributed by atoms with Gasteiger partial charge >= 0.3 is 0 Å². The minimum absolute atomic E-state index is 0.0572. The molecule has 0 aliphatic carbocycles. The number of nitro benzene ring substituents is 2. The van der Waals surface area contributed by atoms with E-state index in [0.29, 0.717) is 0 Å². The van der Waals surface area contributed by atoms with Crippen LogP contribution >= 0.6 is 0 Å². The van der Waals surface area contributed by atoms with Crippen LogP contribution in [0.2, 0.25) is 0 Å². The fourth-order valence-corrected chi connectivity index (χ4v) is 3.89. The number of sulfonamides is 1. The number of ether oxygens (including phenoxy) is 1. The van der Waals surface area contributed by atoms with Crippen LogP contribution in [0.4, 0.5) is 11.4 Å². The van der Waals surface area contributed by atoms with Crippen molar-refractivity contribution in [3.8, 4) is 11.5 Å². The van der Waals surface area contributed by atoms with E-state index in [1.165, 1.54) is 20.2 Å². The van der Waals surface area contributed by atoms with Gasteiger partial charge in [-0.2, -0.15) is 13.5 Å². The third-order valence-corrected chi connectivity index (χ3v) is 5.40. The summed E-state index contributed by atoms with van der Waals surface area (Å²) in [6.45, 7) is 0. The third kappa shape index (κ3) is 3.62. The third-order valence-electron chi connectivity index (χ3n) is 4.10. The molecule has 1 aliphatic heterocycles. The van der Waals surface area contributed by atoms with Crippen molar-refractivity contribution >= 4 is 33.4 Å². The Morgan fingerprint density at radius 2 is 1.83 bits per heavy atom. The molecule has 0 atom stereocenters. The van der Waals surface area contributed by atoms with E-state index >= 15 is 0 Å². The van der Waals surface area contributed by atoms with Crippen molar-refractivity contribution in [1.29, 1.82) is 0 Å². The normalized spacial score (nSPS) is 14.3. The second-order valence-corrected chi connectivity index (χ2v) is 7.51. The van der Waals surface area contributed by atoms with E-state index in [0.717, 1.165) is 35.5 Å². The van der Waals surface area contributed by atoms with Gasteiger partial charge in [-0.3, -0.25) is 20.2 Å². The number of methoxy groups -OCH3 is 1. The Labute approximate surface area is 168 Å². The van der Waals surface area contributed by atoms with Crippen LogP contribution < -0.4 is 4.74 Å². The van der Waals surface area contributed by atoms with Gasteiger partial charge in [-0.15, -0.1) is 4.40 Å². The highest BCUT2D eigenvalue weighted by molar-refractivity contribution is 7.90. The zero-order valence-electron chi connectivity index (χ0n) is 15.4. The Hall–Kier alpha value is -4.07. The molecule has 0 aromatic heterocycles. The first-order chi connectivity index (χ1) is 14.0. The summed E-state index contributed by atoms with van der Waals surface area (Å²) in [5, 5.41) is 37.1. The van der Waals surface area contributed by atoms with E-state index in [9.17, 15) is 33.8 Å². The minimum Gasteiger partial charge on any atom is -0.504 e. The summed E-state index contributed by atoms with van der Waals surface area (Å²) in [7, 11) is -1.59. The molecule has 0 spiro atoms. The first-order valence-electron chi connectivity index (χ1n) is 8.02. The summed E-state index contributed by atoms with van der Waals surface area (Å²) in [4.78, 5) is 20.2. The molecule has 2 aromatic rings. The lowest BCUT2D eigenvalue weighted by atomic mass is 10.1. The number of rotatable bonds is 5. The van der Waals surface area contributed by atoms with Crippen LogP contribution in [0.5, 0.6) is 11.5 Å². The van der Waals surface area contributed by atoms with Crippen molar-refractivity contribution in [2.24, 2.45) is 9.50 Å². The number of nitrogens with zero attached hydrogens (tertiary/aromatic N) is 5. The second-order valence-electron chi connectivity index (χ2n) is 5.94. The van der Waals surface area contributed by atoms with Gasteiger partial charge in [0.25, 0.3) is 21.4 Å². The van der Waals surface area contributed by atoms with Gasteiger partial charge in [0.15, 0.2) is 17.3 Å². The van der Waals surface area contributed by atoms with Gasteiger partial charge in [-0.05, 0) is 6.07 Å². The maximum atomic E-state index is 12.3. The SMILES string of the molecule is COc1cc([N+](=O)[O-])cc(C=NN(C)C2=NS(=O)(=O)c3cc([N+](=O)[O-])ccc32)c1O. The molecule has 0 saturated carbocycles. The molecule has 0 radical (unpaired) electrons. The molecular weight excluding hydrogens is 422 g/mol. The number of non-ortho nitro benzene ring substituents is 2. The molecule has 2 aromatic carbocycles. The highest BCUT2D eigenvalue weighted by atomic mass is 32.2. The average molecular weight is 435 g/mol. The Kier molecular flexibility index (Phi) is 5.09. The van der Waals surface area contributed by atoms with Crippen LogP contribution in [0.15, 0.2) is 44.7 Å². The van der Waals surface area contributed by atoms with Crippen LogP contribution in [0.3, 0.4) is 0 Å². The van der Waals surface area contributed by atoms with Crippen LogP contribution in [-0.2, 0) is 10.0 Å². The lowest BCUT2D eigenvalue weighted by molar-refractivity contribution is -0.385. The van der Waals surface area contributed by atoms with E-state index in [2.05, 4.69) is 9.50 Å². The predicted molar refractivity (Wildman–Crippen MR) is 103 cm³/mol. The van der Waals surface area contributed by atoms with Gasteiger partial charge in [0, 0.05) is 36.4 Å². The van der Waals surface area contributed by atoms with Gasteiger partial charge < -0.3 is 9.84 Å². The van der Waals surface area contributed by atoms with Crippen LogP contribution in [0.1, 0.15) is 11.1 Å². The van der Waals surface area contributed by atoms with Crippen molar-refractivity contribution in [3.05, 3.63) is 61.7 Å². The predicted octanol–water partition coefficient (Wildman–Crippen LogP) is 1.63. The lowest BCUT2D eigenvalue weighted by Crippen LogP contribution is -2.21. The van der Waals surface area contributed by atoms with Gasteiger partial charge in [-0.25, -0.2) is 5.01 Å². The Bertz CT molecular complexity index is 1240. The summed E-state index contributed by atoms with van der Waals surface area (Å²) < 4.78 is 33.0. The maximum absolute atomic E-state index is 12.3. The van der Waals surface area contributed by atoms with E-state index in [1.807, 2.05) is 0 Å². The summed E-state index contributed by atoms with van der Waals surface area (Å²) in [5.74, 6) is -0.669. The molecule has 3 rings (SSSR count). The molecule has 30 heavy (non-hydrogen) atoms. The van der Waals surface area contributed by atoms with Crippen molar-refractivity contribution in [2.75, 3.05) is 14.2 Å². The first-order valence-corrected chi connectivity index (χ1v) is 9.46. The van der Waals surface area contributed by atoms with E-state index < -0.39 is 31.3 Å². The number of benzene rings is 2. The number of aromatic hydroxyl groups is 1. The first kappa shape index (κ1) is 20.7. The molecule has 13 nitrogen and oxygen atoms in total. The van der Waals surface area contributed by atoms with Crippen molar-refractivity contribution in [1.82, 2.24) is 5.01 Å². The number of phenols is 1. The Balaban J connectivity index is 1.99. The number of hydrazone groups is 1. The fraction of sp³-hybridized carbons (Fsp3) is 0.125. The number of nitro groups is 2. The summed E-state index contributed by atoms with van der Waals surface area (Å²) in [6.07, 6.45) is 1.06. The van der Waals surface area contributed by atoms with Gasteiger partial charge in [0.2, 0.25) is 0 Å². The molecule has 1 N–H and O–H groups in total. The zero-order valence-corrected chi connectivity index (χ0v) is 16.2. The quantitative estimate of drug-likeness (QED) is 0.415. The van der Waals surface area contributed by atoms with E-state index in [1.54, 1.807) is 0 Å². The summed E-state index contributed by atoms with van der Waals surface area (Å²) >= 11 is 0. The molecule has 0 unspecified atom stereocenters. The maximum Gasteiger partial charge on any atom is 0.285 e. The number of hydrogen-bond donors (Lipinski definition) is 1. The van der Waals surface area contributed by atoms with E-state index in [4.69, 9.17) is 4.74 Å². The second kappa shape index (κ2) is 7.40.